The molecule has 0 bridgehead atoms. The van der Waals surface area contributed by atoms with Crippen LogP contribution in [0.3, 0.4) is 0 Å². The first kappa shape index (κ1) is 6.51. The van der Waals surface area contributed by atoms with E-state index in [0.717, 1.165) is 5.54 Å². The maximum atomic E-state index is 10.6. The molecule has 3 nitrogen and oxygen atoms in total. The highest BCUT2D eigenvalue weighted by molar-refractivity contribution is 7.80. The van der Waals surface area contributed by atoms with Gasteiger partial charge in [0.1, 0.15) is 5.70 Å². The van der Waals surface area contributed by atoms with E-state index in [1.54, 1.807) is 0 Å². The Balaban J connectivity index is 2.81. The number of halogens is 1. The molecule has 2 N–H and O–H groups in total. The molecule has 1 aliphatic rings. The van der Waals surface area contributed by atoms with Crippen LogP contribution in [0.25, 0.3) is 0 Å². The third-order valence-corrected chi connectivity index (χ3v) is 1.25. The summed E-state index contributed by atoms with van der Waals surface area (Å²) in [5.74, 6) is -0.282. The van der Waals surface area contributed by atoms with Crippen LogP contribution in [0.4, 0.5) is 0 Å². The van der Waals surface area contributed by atoms with Crippen molar-refractivity contribution in [2.45, 2.75) is 0 Å². The SMILES string of the molecule is O=C1NC(=S)NC1=CCl. The van der Waals surface area contributed by atoms with Crippen molar-refractivity contribution in [1.82, 2.24) is 10.6 Å². The number of nitrogens with one attached hydrogen (secondary N) is 2. The van der Waals surface area contributed by atoms with Crippen molar-refractivity contribution < 1.29 is 4.79 Å². The topological polar surface area (TPSA) is 41.1 Å². The molecule has 0 aromatic heterocycles. The normalized spacial score (nSPS) is 22.1. The van der Waals surface area contributed by atoms with Crippen LogP contribution in [0.15, 0.2) is 11.2 Å². The predicted octanol–water partition coefficient (Wildman–Crippen LogP) is 0.0709. The van der Waals surface area contributed by atoms with Gasteiger partial charge in [-0.15, -0.1) is 0 Å². The first-order valence-electron chi connectivity index (χ1n) is 2.17. The zero-order valence-corrected chi connectivity index (χ0v) is 5.84. The van der Waals surface area contributed by atoms with Crippen LogP contribution in [0.2, 0.25) is 0 Å². The standard InChI is InChI=1S/C4H3ClN2OS/c5-1-2-3(8)7-4(9)6-2/h1H,(H2,6,7,8,9). The molecule has 5 heteroatoms. The van der Waals surface area contributed by atoms with Crippen LogP contribution in [0.1, 0.15) is 0 Å². The number of hydrogen-bond acceptors (Lipinski definition) is 2. The van der Waals surface area contributed by atoms with Crippen LogP contribution < -0.4 is 10.6 Å². The molecular weight excluding hydrogens is 160 g/mol. The van der Waals surface area contributed by atoms with E-state index in [9.17, 15) is 4.79 Å². The zero-order chi connectivity index (χ0) is 6.85. The van der Waals surface area contributed by atoms with Gasteiger partial charge in [0.25, 0.3) is 5.91 Å². The van der Waals surface area contributed by atoms with Gasteiger partial charge in [0.15, 0.2) is 5.11 Å². The second-order valence-electron chi connectivity index (χ2n) is 1.43. The van der Waals surface area contributed by atoms with Gasteiger partial charge in [0.05, 0.1) is 0 Å². The van der Waals surface area contributed by atoms with E-state index in [-0.39, 0.29) is 5.91 Å². The fourth-order valence-electron chi connectivity index (χ4n) is 0.458. The zero-order valence-electron chi connectivity index (χ0n) is 4.27. The van der Waals surface area contributed by atoms with Gasteiger partial charge in [-0.1, -0.05) is 11.6 Å². The van der Waals surface area contributed by atoms with Crippen LogP contribution >= 0.6 is 23.8 Å². The van der Waals surface area contributed by atoms with E-state index in [0.29, 0.717) is 10.8 Å². The number of carbonyl (C=O) groups excluding carboxylic acids is 1. The predicted molar refractivity (Wildman–Crippen MR) is 37.8 cm³/mol. The van der Waals surface area contributed by atoms with E-state index in [2.05, 4.69) is 22.9 Å². The Morgan fingerprint density at radius 2 is 2.22 bits per heavy atom. The van der Waals surface area contributed by atoms with Crippen molar-refractivity contribution in [3.8, 4) is 0 Å². The van der Waals surface area contributed by atoms with E-state index >= 15 is 0 Å². The average Bonchev–Trinajstić information content (AvgIpc) is 2.10. The number of amides is 1. The van der Waals surface area contributed by atoms with E-state index < -0.39 is 0 Å². The summed E-state index contributed by atoms with van der Waals surface area (Å²) in [4.78, 5) is 10.6. The molecule has 0 aromatic rings. The van der Waals surface area contributed by atoms with Gasteiger partial charge in [-0.3, -0.25) is 10.1 Å². The summed E-state index contributed by atoms with van der Waals surface area (Å²) in [5.41, 5.74) is 1.44. The van der Waals surface area contributed by atoms with E-state index in [1.165, 1.54) is 0 Å². The molecule has 0 radical (unpaired) electrons. The molecule has 1 heterocycles. The van der Waals surface area contributed by atoms with Crippen molar-refractivity contribution in [2.24, 2.45) is 0 Å². The summed E-state index contributed by atoms with van der Waals surface area (Å²) in [6.45, 7) is 0. The third kappa shape index (κ3) is 1.20. The van der Waals surface area contributed by atoms with Crippen molar-refractivity contribution in [3.63, 3.8) is 0 Å². The van der Waals surface area contributed by atoms with Crippen molar-refractivity contribution in [3.05, 3.63) is 11.2 Å². The smallest absolute Gasteiger partial charge is 0.274 e. The largest absolute Gasteiger partial charge is 0.327 e. The summed E-state index contributed by atoms with van der Waals surface area (Å²) in [7, 11) is 0. The quantitative estimate of drug-likeness (QED) is 0.391. The number of thiocarbonyl (C=S) groups is 1. The Kier molecular flexibility index (Phi) is 1.68. The first-order valence-corrected chi connectivity index (χ1v) is 3.01. The van der Waals surface area contributed by atoms with Gasteiger partial charge < -0.3 is 5.32 Å². The van der Waals surface area contributed by atoms with E-state index in [1.807, 2.05) is 0 Å². The molecule has 0 saturated carbocycles. The molecule has 1 fully saturated rings. The van der Waals surface area contributed by atoms with Crippen LogP contribution in [0.5, 0.6) is 0 Å². The average molecular weight is 163 g/mol. The van der Waals surface area contributed by atoms with Crippen LogP contribution in [0, 0.1) is 0 Å². The fraction of sp³-hybridized carbons (Fsp3) is 0. The number of rotatable bonds is 0. The highest BCUT2D eigenvalue weighted by atomic mass is 35.5. The Bertz CT molecular complexity index is 201. The van der Waals surface area contributed by atoms with Gasteiger partial charge in [0, 0.05) is 5.54 Å². The lowest BCUT2D eigenvalue weighted by molar-refractivity contribution is -0.115. The molecule has 9 heavy (non-hydrogen) atoms. The maximum Gasteiger partial charge on any atom is 0.274 e. The number of carbonyl (C=O) groups is 1. The summed E-state index contributed by atoms with van der Waals surface area (Å²) in [6.07, 6.45) is 0. The van der Waals surface area contributed by atoms with Crippen LogP contribution in [-0.4, -0.2) is 11.0 Å². The Labute approximate surface area is 62.1 Å². The molecule has 1 rings (SSSR count). The molecule has 0 spiro atoms. The van der Waals surface area contributed by atoms with Gasteiger partial charge in [-0.2, -0.15) is 0 Å². The lowest BCUT2D eigenvalue weighted by Crippen LogP contribution is -2.21. The minimum absolute atomic E-state index is 0.282. The lowest BCUT2D eigenvalue weighted by atomic mass is 10.5. The molecule has 48 valence electrons. The molecule has 0 unspecified atom stereocenters. The minimum atomic E-state index is -0.282. The molecule has 1 saturated heterocycles. The Morgan fingerprint density at radius 1 is 1.56 bits per heavy atom. The van der Waals surface area contributed by atoms with Crippen molar-refractivity contribution in [1.29, 1.82) is 0 Å². The second-order valence-corrected chi connectivity index (χ2v) is 2.06. The summed E-state index contributed by atoms with van der Waals surface area (Å²) >= 11 is 9.82. The molecule has 1 amide bonds. The number of hydrogen-bond donors (Lipinski definition) is 2. The molecule has 1 aliphatic heterocycles. The molecule has 0 aliphatic carbocycles. The monoisotopic (exact) mass is 162 g/mol. The fourth-order valence-corrected chi connectivity index (χ4v) is 0.814. The summed E-state index contributed by atoms with van der Waals surface area (Å²) in [6, 6.07) is 0. The molecule has 0 atom stereocenters. The van der Waals surface area contributed by atoms with Crippen molar-refractivity contribution in [2.75, 3.05) is 0 Å². The summed E-state index contributed by atoms with van der Waals surface area (Å²) in [5, 5.41) is 5.20. The maximum absolute atomic E-state index is 10.6. The first-order chi connectivity index (χ1) is 4.24. The van der Waals surface area contributed by atoms with Crippen molar-refractivity contribution >= 4 is 34.8 Å². The third-order valence-electron chi connectivity index (χ3n) is 0.829. The summed E-state index contributed by atoms with van der Waals surface area (Å²) < 4.78 is 0. The van der Waals surface area contributed by atoms with E-state index in [4.69, 9.17) is 11.6 Å². The Morgan fingerprint density at radius 3 is 2.44 bits per heavy atom. The molecule has 0 aromatic carbocycles. The highest BCUT2D eigenvalue weighted by Crippen LogP contribution is 1.97. The second kappa shape index (κ2) is 2.33. The lowest BCUT2D eigenvalue weighted by Gasteiger charge is -1.86. The van der Waals surface area contributed by atoms with Gasteiger partial charge in [0.2, 0.25) is 0 Å². The van der Waals surface area contributed by atoms with Gasteiger partial charge in [-0.05, 0) is 12.2 Å². The highest BCUT2D eigenvalue weighted by Gasteiger charge is 2.18. The molecular formula is C4H3ClN2OS. The Hall–Kier alpha value is -0.610. The van der Waals surface area contributed by atoms with Gasteiger partial charge in [-0.25, -0.2) is 0 Å². The minimum Gasteiger partial charge on any atom is -0.327 e. The van der Waals surface area contributed by atoms with Gasteiger partial charge >= 0.3 is 0 Å². The van der Waals surface area contributed by atoms with Crippen LogP contribution in [-0.2, 0) is 4.79 Å².